The fraction of sp³-hybridized carbons (Fsp3) is 0.333. The van der Waals surface area contributed by atoms with Gasteiger partial charge in [-0.05, 0) is 37.5 Å². The third-order valence-electron chi connectivity index (χ3n) is 3.52. The molecular weight excluding hydrogens is 254 g/mol. The second kappa shape index (κ2) is 5.46. The lowest BCUT2D eigenvalue weighted by Gasteiger charge is -2.22. The van der Waals surface area contributed by atoms with Crippen LogP contribution in [0.15, 0.2) is 36.5 Å². The molecule has 5 heteroatoms. The number of amides is 1. The van der Waals surface area contributed by atoms with Gasteiger partial charge in [0, 0.05) is 23.9 Å². The third-order valence-corrected chi connectivity index (χ3v) is 3.52. The molecule has 0 spiro atoms. The molecule has 2 N–H and O–H groups in total. The lowest BCUT2D eigenvalue weighted by molar-refractivity contribution is -0.0393. The molecule has 1 fully saturated rings. The highest BCUT2D eigenvalue weighted by molar-refractivity contribution is 5.93. The van der Waals surface area contributed by atoms with E-state index >= 15 is 0 Å². The topological polar surface area (TPSA) is 70.1 Å². The third kappa shape index (κ3) is 2.58. The molecule has 1 aliphatic heterocycles. The van der Waals surface area contributed by atoms with Gasteiger partial charge in [-0.25, -0.2) is 4.68 Å². The minimum Gasteiger partial charge on any atom is -0.366 e. The number of benzene rings is 1. The van der Waals surface area contributed by atoms with Gasteiger partial charge in [-0.1, -0.05) is 12.1 Å². The van der Waals surface area contributed by atoms with Gasteiger partial charge in [0.2, 0.25) is 5.91 Å². The molecule has 1 saturated heterocycles. The van der Waals surface area contributed by atoms with E-state index in [0.29, 0.717) is 5.56 Å². The van der Waals surface area contributed by atoms with E-state index in [-0.39, 0.29) is 6.23 Å². The summed E-state index contributed by atoms with van der Waals surface area (Å²) in [6.07, 6.45) is 5.28. The molecule has 2 aromatic rings. The monoisotopic (exact) mass is 271 g/mol. The number of ether oxygens (including phenoxy) is 1. The minimum atomic E-state index is -0.419. The maximum absolute atomic E-state index is 11.0. The molecule has 5 nitrogen and oxygen atoms in total. The van der Waals surface area contributed by atoms with Crippen LogP contribution in [0.2, 0.25) is 0 Å². The molecule has 0 bridgehead atoms. The smallest absolute Gasteiger partial charge is 0.248 e. The van der Waals surface area contributed by atoms with E-state index < -0.39 is 5.91 Å². The first-order valence-corrected chi connectivity index (χ1v) is 6.81. The zero-order valence-corrected chi connectivity index (χ0v) is 11.2. The standard InChI is InChI=1S/C15H17N3O2/c16-15(19)12-6-4-11(5-7-12)13-8-9-18(17-13)14-3-1-2-10-20-14/h4-9,14H,1-3,10H2,(H2,16,19). The van der Waals surface area contributed by atoms with Crippen LogP contribution in [-0.2, 0) is 4.74 Å². The Morgan fingerprint density at radius 2 is 2.05 bits per heavy atom. The van der Waals surface area contributed by atoms with Crippen molar-refractivity contribution in [2.24, 2.45) is 5.73 Å². The van der Waals surface area contributed by atoms with E-state index in [0.717, 1.165) is 30.7 Å². The molecular formula is C15H17N3O2. The second-order valence-electron chi connectivity index (χ2n) is 4.94. The van der Waals surface area contributed by atoms with Crippen LogP contribution in [0, 0.1) is 0 Å². The lowest BCUT2D eigenvalue weighted by atomic mass is 10.1. The van der Waals surface area contributed by atoms with Crippen LogP contribution in [0.5, 0.6) is 0 Å². The highest BCUT2D eigenvalue weighted by atomic mass is 16.5. The van der Waals surface area contributed by atoms with Gasteiger partial charge < -0.3 is 10.5 Å². The summed E-state index contributed by atoms with van der Waals surface area (Å²) in [4.78, 5) is 11.0. The predicted octanol–water partition coefficient (Wildman–Crippen LogP) is 2.35. The van der Waals surface area contributed by atoms with Crippen molar-refractivity contribution in [3.63, 3.8) is 0 Å². The van der Waals surface area contributed by atoms with E-state index in [1.54, 1.807) is 12.1 Å². The number of rotatable bonds is 3. The van der Waals surface area contributed by atoms with Gasteiger partial charge >= 0.3 is 0 Å². The number of carbonyl (C=O) groups excluding carboxylic acids is 1. The van der Waals surface area contributed by atoms with Crippen LogP contribution in [-0.4, -0.2) is 22.3 Å². The van der Waals surface area contributed by atoms with Crippen molar-refractivity contribution in [1.29, 1.82) is 0 Å². The van der Waals surface area contributed by atoms with E-state index in [9.17, 15) is 4.79 Å². The highest BCUT2D eigenvalue weighted by Gasteiger charge is 2.16. The Bertz CT molecular complexity index is 598. The molecule has 1 amide bonds. The Kier molecular flexibility index (Phi) is 3.52. The van der Waals surface area contributed by atoms with E-state index in [1.807, 2.05) is 29.1 Å². The molecule has 2 heterocycles. The number of carbonyl (C=O) groups is 1. The largest absolute Gasteiger partial charge is 0.366 e. The maximum atomic E-state index is 11.0. The number of primary amides is 1. The Morgan fingerprint density at radius 1 is 1.25 bits per heavy atom. The zero-order chi connectivity index (χ0) is 13.9. The van der Waals surface area contributed by atoms with Gasteiger partial charge in [0.15, 0.2) is 0 Å². The molecule has 1 aromatic carbocycles. The summed E-state index contributed by atoms with van der Waals surface area (Å²) < 4.78 is 7.57. The van der Waals surface area contributed by atoms with Gasteiger partial charge in [-0.2, -0.15) is 5.10 Å². The van der Waals surface area contributed by atoms with Gasteiger partial charge in [0.25, 0.3) is 0 Å². The number of hydrogen-bond acceptors (Lipinski definition) is 3. The molecule has 20 heavy (non-hydrogen) atoms. The SMILES string of the molecule is NC(=O)c1ccc(-c2ccn(C3CCCCO3)n2)cc1. The molecule has 3 rings (SSSR count). The van der Waals surface area contributed by atoms with Crippen molar-refractivity contribution >= 4 is 5.91 Å². The zero-order valence-electron chi connectivity index (χ0n) is 11.2. The van der Waals surface area contributed by atoms with Crippen molar-refractivity contribution in [2.45, 2.75) is 25.5 Å². The minimum absolute atomic E-state index is 0.0439. The summed E-state index contributed by atoms with van der Waals surface area (Å²) in [7, 11) is 0. The van der Waals surface area contributed by atoms with Crippen molar-refractivity contribution in [2.75, 3.05) is 6.61 Å². The van der Waals surface area contributed by atoms with Gasteiger partial charge in [-0.15, -0.1) is 0 Å². The number of hydrogen-bond donors (Lipinski definition) is 1. The first kappa shape index (κ1) is 12.9. The van der Waals surface area contributed by atoms with E-state index in [4.69, 9.17) is 10.5 Å². The summed E-state index contributed by atoms with van der Waals surface area (Å²) in [5.74, 6) is -0.419. The molecule has 0 saturated carbocycles. The van der Waals surface area contributed by atoms with E-state index in [2.05, 4.69) is 5.10 Å². The molecule has 0 radical (unpaired) electrons. The molecule has 1 unspecified atom stereocenters. The maximum Gasteiger partial charge on any atom is 0.248 e. The number of nitrogens with zero attached hydrogens (tertiary/aromatic N) is 2. The molecule has 1 atom stereocenters. The van der Waals surface area contributed by atoms with Crippen LogP contribution in [0.3, 0.4) is 0 Å². The molecule has 104 valence electrons. The Balaban J connectivity index is 1.80. The van der Waals surface area contributed by atoms with Crippen molar-refractivity contribution in [1.82, 2.24) is 9.78 Å². The first-order valence-electron chi connectivity index (χ1n) is 6.81. The van der Waals surface area contributed by atoms with Gasteiger partial charge in [-0.3, -0.25) is 4.79 Å². The Labute approximate surface area is 117 Å². The van der Waals surface area contributed by atoms with E-state index in [1.165, 1.54) is 6.42 Å². The molecule has 0 aliphatic carbocycles. The van der Waals surface area contributed by atoms with Crippen molar-refractivity contribution < 1.29 is 9.53 Å². The summed E-state index contributed by atoms with van der Waals surface area (Å²) in [6.45, 7) is 0.799. The highest BCUT2D eigenvalue weighted by Crippen LogP contribution is 2.24. The normalized spacial score (nSPS) is 18.9. The van der Waals surface area contributed by atoms with Gasteiger partial charge in [0.1, 0.15) is 6.23 Å². The Morgan fingerprint density at radius 3 is 2.70 bits per heavy atom. The van der Waals surface area contributed by atoms with Crippen molar-refractivity contribution in [3.05, 3.63) is 42.1 Å². The van der Waals surface area contributed by atoms with Crippen LogP contribution in [0.25, 0.3) is 11.3 Å². The average molecular weight is 271 g/mol. The average Bonchev–Trinajstić information content (AvgIpc) is 2.98. The summed E-state index contributed by atoms with van der Waals surface area (Å²) in [5.41, 5.74) is 7.57. The van der Waals surface area contributed by atoms with Crippen LogP contribution in [0.1, 0.15) is 35.8 Å². The number of aromatic nitrogens is 2. The Hall–Kier alpha value is -2.14. The fourth-order valence-corrected chi connectivity index (χ4v) is 2.39. The fourth-order valence-electron chi connectivity index (χ4n) is 2.39. The summed E-state index contributed by atoms with van der Waals surface area (Å²) >= 11 is 0. The van der Waals surface area contributed by atoms with Crippen molar-refractivity contribution in [3.8, 4) is 11.3 Å². The first-order chi connectivity index (χ1) is 9.74. The van der Waals surface area contributed by atoms with Crippen LogP contribution in [0.4, 0.5) is 0 Å². The molecule has 1 aliphatic rings. The summed E-state index contributed by atoms with van der Waals surface area (Å²) in [6, 6.07) is 9.10. The lowest BCUT2D eigenvalue weighted by Crippen LogP contribution is -2.18. The quantitative estimate of drug-likeness (QED) is 0.931. The summed E-state index contributed by atoms with van der Waals surface area (Å²) in [5, 5.41) is 4.55. The second-order valence-corrected chi connectivity index (χ2v) is 4.94. The molecule has 1 aromatic heterocycles. The number of nitrogens with two attached hydrogens (primary N) is 1. The van der Waals surface area contributed by atoms with Crippen LogP contribution < -0.4 is 5.73 Å². The van der Waals surface area contributed by atoms with Gasteiger partial charge in [0.05, 0.1) is 5.69 Å². The predicted molar refractivity (Wildman–Crippen MR) is 75.0 cm³/mol. The van der Waals surface area contributed by atoms with Crippen LogP contribution >= 0.6 is 0 Å².